The van der Waals surface area contributed by atoms with Gasteiger partial charge in [0.05, 0.1) is 11.0 Å². The minimum absolute atomic E-state index is 0.259. The van der Waals surface area contributed by atoms with Crippen molar-refractivity contribution in [1.29, 1.82) is 0 Å². The van der Waals surface area contributed by atoms with Gasteiger partial charge in [0.2, 0.25) is 5.95 Å². The van der Waals surface area contributed by atoms with Gasteiger partial charge in [-0.1, -0.05) is 0 Å². The van der Waals surface area contributed by atoms with Crippen molar-refractivity contribution in [2.75, 3.05) is 30.4 Å². The molecule has 34 heavy (non-hydrogen) atoms. The number of aryl methyl sites for hydroxylation is 1. The number of aromatic nitrogens is 3. The van der Waals surface area contributed by atoms with E-state index in [0.717, 1.165) is 35.8 Å². The van der Waals surface area contributed by atoms with Crippen LogP contribution in [0.3, 0.4) is 0 Å². The molecule has 0 aliphatic carbocycles. The number of amides is 1. The van der Waals surface area contributed by atoms with Crippen LogP contribution in [-0.2, 0) is 7.05 Å². The Morgan fingerprint density at radius 3 is 2.50 bits per heavy atom. The van der Waals surface area contributed by atoms with Crippen LogP contribution in [0.15, 0.2) is 60.8 Å². The lowest BCUT2D eigenvalue weighted by atomic mass is 10.1. The number of ether oxygens (including phenoxy) is 1. The SMILES string of the molecule is CNC(=O)c1cc(Oc2ccc3c(c2)nc(Nc2ccc(N4CCCCC4)cc2)n3C)ccn1. The molecule has 2 aromatic carbocycles. The fourth-order valence-electron chi connectivity index (χ4n) is 4.25. The maximum absolute atomic E-state index is 11.8. The molecule has 5 rings (SSSR count). The lowest BCUT2D eigenvalue weighted by Gasteiger charge is -2.28. The van der Waals surface area contributed by atoms with Crippen LogP contribution in [0.2, 0.25) is 0 Å². The molecule has 4 aromatic rings. The Labute approximate surface area is 198 Å². The summed E-state index contributed by atoms with van der Waals surface area (Å²) in [5.41, 5.74) is 4.37. The zero-order valence-corrected chi connectivity index (χ0v) is 19.4. The zero-order chi connectivity index (χ0) is 23.5. The molecule has 8 nitrogen and oxygen atoms in total. The van der Waals surface area contributed by atoms with Gasteiger partial charge in [0.15, 0.2) is 0 Å². The molecule has 1 amide bonds. The maximum atomic E-state index is 11.8. The van der Waals surface area contributed by atoms with E-state index < -0.39 is 0 Å². The smallest absolute Gasteiger partial charge is 0.269 e. The summed E-state index contributed by atoms with van der Waals surface area (Å²) < 4.78 is 7.99. The third-order valence-electron chi connectivity index (χ3n) is 6.12. The summed E-state index contributed by atoms with van der Waals surface area (Å²) in [7, 11) is 3.56. The summed E-state index contributed by atoms with van der Waals surface area (Å²) in [4.78, 5) is 23.1. The van der Waals surface area contributed by atoms with E-state index >= 15 is 0 Å². The molecule has 1 aliphatic heterocycles. The van der Waals surface area contributed by atoms with Gasteiger partial charge in [-0.25, -0.2) is 4.98 Å². The van der Waals surface area contributed by atoms with Crippen molar-refractivity contribution in [2.24, 2.45) is 7.05 Å². The van der Waals surface area contributed by atoms with Gasteiger partial charge in [0, 0.05) is 56.9 Å². The minimum atomic E-state index is -0.259. The standard InChI is InChI=1S/C26H28N6O2/c1-27-25(33)23-17-21(12-13-28-23)34-20-10-11-24-22(16-20)30-26(31(24)2)29-18-6-8-19(9-7-18)32-14-4-3-5-15-32/h6-13,16-17H,3-5,14-15H2,1-2H3,(H,27,33)(H,29,30). The summed E-state index contributed by atoms with van der Waals surface area (Å²) >= 11 is 0. The van der Waals surface area contributed by atoms with Gasteiger partial charge in [0.25, 0.3) is 5.91 Å². The van der Waals surface area contributed by atoms with E-state index in [4.69, 9.17) is 9.72 Å². The molecule has 0 spiro atoms. The van der Waals surface area contributed by atoms with Crippen molar-refractivity contribution in [1.82, 2.24) is 19.9 Å². The Balaban J connectivity index is 1.33. The Morgan fingerprint density at radius 1 is 0.971 bits per heavy atom. The highest BCUT2D eigenvalue weighted by Gasteiger charge is 2.13. The number of fused-ring (bicyclic) bond motifs is 1. The first-order valence-electron chi connectivity index (χ1n) is 11.6. The van der Waals surface area contributed by atoms with Crippen LogP contribution in [0.25, 0.3) is 11.0 Å². The fraction of sp³-hybridized carbons (Fsp3) is 0.269. The molecule has 0 saturated carbocycles. The maximum Gasteiger partial charge on any atom is 0.269 e. The predicted molar refractivity (Wildman–Crippen MR) is 134 cm³/mol. The number of piperidine rings is 1. The number of rotatable bonds is 6. The van der Waals surface area contributed by atoms with Crippen LogP contribution >= 0.6 is 0 Å². The molecule has 2 N–H and O–H groups in total. The van der Waals surface area contributed by atoms with Crippen LogP contribution in [0.4, 0.5) is 17.3 Å². The second-order valence-corrected chi connectivity index (χ2v) is 8.42. The average molecular weight is 457 g/mol. The lowest BCUT2D eigenvalue weighted by Crippen LogP contribution is -2.29. The molecule has 0 bridgehead atoms. The van der Waals surface area contributed by atoms with E-state index in [1.165, 1.54) is 24.9 Å². The van der Waals surface area contributed by atoms with Crippen LogP contribution in [0, 0.1) is 0 Å². The van der Waals surface area contributed by atoms with Crippen LogP contribution in [-0.4, -0.2) is 40.6 Å². The second-order valence-electron chi connectivity index (χ2n) is 8.42. The number of carbonyl (C=O) groups excluding carboxylic acids is 1. The van der Waals surface area contributed by atoms with Crippen LogP contribution < -0.4 is 20.3 Å². The second kappa shape index (κ2) is 9.43. The minimum Gasteiger partial charge on any atom is -0.457 e. The molecule has 0 unspecified atom stereocenters. The van der Waals surface area contributed by atoms with Crippen molar-refractivity contribution in [2.45, 2.75) is 19.3 Å². The van der Waals surface area contributed by atoms with Crippen LogP contribution in [0.5, 0.6) is 11.5 Å². The highest BCUT2D eigenvalue weighted by molar-refractivity contribution is 5.92. The van der Waals surface area contributed by atoms with Gasteiger partial charge >= 0.3 is 0 Å². The number of benzene rings is 2. The molecular formula is C26H28N6O2. The number of anilines is 3. The predicted octanol–water partition coefficient (Wildman–Crippen LogP) is 4.85. The topological polar surface area (TPSA) is 84.3 Å². The number of nitrogens with zero attached hydrogens (tertiary/aromatic N) is 4. The van der Waals surface area contributed by atoms with E-state index in [2.05, 4.69) is 44.8 Å². The van der Waals surface area contributed by atoms with Crippen molar-refractivity contribution < 1.29 is 9.53 Å². The first kappa shape index (κ1) is 21.8. The average Bonchev–Trinajstić information content (AvgIpc) is 3.19. The molecule has 1 aliphatic rings. The van der Waals surface area contributed by atoms with Gasteiger partial charge in [-0.3, -0.25) is 9.78 Å². The number of hydrogen-bond acceptors (Lipinski definition) is 6. The van der Waals surface area contributed by atoms with E-state index in [1.807, 2.05) is 29.8 Å². The molecule has 0 radical (unpaired) electrons. The van der Waals surface area contributed by atoms with E-state index in [0.29, 0.717) is 17.2 Å². The van der Waals surface area contributed by atoms with Gasteiger partial charge in [-0.05, 0) is 61.7 Å². The van der Waals surface area contributed by atoms with Crippen molar-refractivity contribution in [3.05, 3.63) is 66.5 Å². The molecule has 0 atom stereocenters. The highest BCUT2D eigenvalue weighted by Crippen LogP contribution is 2.29. The first-order chi connectivity index (χ1) is 16.6. The number of carbonyl (C=O) groups is 1. The molecule has 1 saturated heterocycles. The quantitative estimate of drug-likeness (QED) is 0.431. The number of nitrogens with one attached hydrogen (secondary N) is 2. The van der Waals surface area contributed by atoms with Crippen molar-refractivity contribution >= 4 is 34.3 Å². The van der Waals surface area contributed by atoms with Crippen molar-refractivity contribution in [3.8, 4) is 11.5 Å². The highest BCUT2D eigenvalue weighted by atomic mass is 16.5. The summed E-state index contributed by atoms with van der Waals surface area (Å²) in [6.45, 7) is 2.27. The number of imidazole rings is 1. The largest absolute Gasteiger partial charge is 0.457 e. The number of hydrogen-bond donors (Lipinski definition) is 2. The Kier molecular flexibility index (Phi) is 6.03. The van der Waals surface area contributed by atoms with Crippen molar-refractivity contribution in [3.63, 3.8) is 0 Å². The van der Waals surface area contributed by atoms with E-state index in [1.54, 1.807) is 25.4 Å². The molecular weight excluding hydrogens is 428 g/mol. The molecule has 3 heterocycles. The van der Waals surface area contributed by atoms with E-state index in [9.17, 15) is 4.79 Å². The van der Waals surface area contributed by atoms with Gasteiger partial charge in [-0.2, -0.15) is 0 Å². The molecule has 2 aromatic heterocycles. The summed E-state index contributed by atoms with van der Waals surface area (Å²) in [5.74, 6) is 1.67. The zero-order valence-electron chi connectivity index (χ0n) is 19.4. The summed E-state index contributed by atoms with van der Waals surface area (Å²) in [6.07, 6.45) is 5.41. The Morgan fingerprint density at radius 2 is 1.74 bits per heavy atom. The van der Waals surface area contributed by atoms with E-state index in [-0.39, 0.29) is 5.91 Å². The Hall–Kier alpha value is -4.07. The van der Waals surface area contributed by atoms with Gasteiger partial charge in [-0.15, -0.1) is 0 Å². The monoisotopic (exact) mass is 456 g/mol. The third kappa shape index (κ3) is 4.52. The third-order valence-corrected chi connectivity index (χ3v) is 6.12. The summed E-state index contributed by atoms with van der Waals surface area (Å²) in [6, 6.07) is 17.6. The van der Waals surface area contributed by atoms with Gasteiger partial charge in [0.1, 0.15) is 17.2 Å². The normalized spacial score (nSPS) is 13.6. The molecule has 1 fully saturated rings. The lowest BCUT2D eigenvalue weighted by molar-refractivity contribution is 0.0958. The molecule has 174 valence electrons. The van der Waals surface area contributed by atoms with Gasteiger partial charge < -0.3 is 24.8 Å². The first-order valence-corrected chi connectivity index (χ1v) is 11.6. The number of pyridine rings is 1. The van der Waals surface area contributed by atoms with Crippen LogP contribution in [0.1, 0.15) is 29.8 Å². The molecule has 8 heteroatoms. The fourth-order valence-corrected chi connectivity index (χ4v) is 4.25. The Bertz CT molecular complexity index is 1310. The summed E-state index contributed by atoms with van der Waals surface area (Å²) in [5, 5.41) is 5.99.